The molecule has 156 valence electrons. The van der Waals surface area contributed by atoms with Gasteiger partial charge in [-0.05, 0) is 38.1 Å². The quantitative estimate of drug-likeness (QED) is 0.717. The van der Waals surface area contributed by atoms with E-state index in [1.807, 2.05) is 0 Å². The molecule has 0 radical (unpaired) electrons. The van der Waals surface area contributed by atoms with E-state index in [0.717, 1.165) is 31.4 Å². The average Bonchev–Trinajstić information content (AvgIpc) is 3.38. The molecule has 9 heteroatoms. The predicted octanol–water partition coefficient (Wildman–Crippen LogP) is 1.56. The number of hydrogen-bond donors (Lipinski definition) is 3. The zero-order chi connectivity index (χ0) is 19.8. The molecule has 3 aliphatic rings. The lowest BCUT2D eigenvalue weighted by Crippen LogP contribution is -2.49. The van der Waals surface area contributed by atoms with Gasteiger partial charge in [-0.25, -0.2) is 19.7 Å². The molecule has 8 nitrogen and oxygen atoms in total. The van der Waals surface area contributed by atoms with Gasteiger partial charge in [-0.15, -0.1) is 0 Å². The number of rotatable bonds is 4. The Morgan fingerprint density at radius 3 is 2.83 bits per heavy atom. The maximum atomic E-state index is 14.5. The molecule has 1 aromatic heterocycles. The number of halogens is 1. The number of aliphatic imine (C=N–C) groups is 1. The normalized spacial score (nSPS) is 25.9. The van der Waals surface area contributed by atoms with Crippen LogP contribution >= 0.6 is 0 Å². The van der Waals surface area contributed by atoms with Gasteiger partial charge in [-0.1, -0.05) is 0 Å². The van der Waals surface area contributed by atoms with E-state index in [-0.39, 0.29) is 18.0 Å². The Labute approximate surface area is 168 Å². The summed E-state index contributed by atoms with van der Waals surface area (Å²) < 4.78 is 19.8. The highest BCUT2D eigenvalue weighted by Gasteiger charge is 2.36. The molecule has 1 aromatic carbocycles. The number of nitrogens with one attached hydrogen (secondary N) is 2. The molecule has 0 amide bonds. The Kier molecular flexibility index (Phi) is 4.99. The fourth-order valence-corrected chi connectivity index (χ4v) is 4.57. The monoisotopic (exact) mass is 403 g/mol. The number of aromatic amines is 1. The molecule has 2 saturated heterocycles. The van der Waals surface area contributed by atoms with Gasteiger partial charge in [0.2, 0.25) is 0 Å². The zero-order valence-corrected chi connectivity index (χ0v) is 16.2. The number of β-amino-alcohol motifs (C(OH)–C–C–N with tert-alkyl or cyclic N) is 1. The summed E-state index contributed by atoms with van der Waals surface area (Å²) in [5.41, 5.74) is 3.34. The van der Waals surface area contributed by atoms with Gasteiger partial charge in [-0.2, -0.15) is 5.10 Å². The molecule has 0 spiro atoms. The van der Waals surface area contributed by atoms with Crippen molar-refractivity contribution in [1.82, 2.24) is 20.6 Å². The third-order valence-electron chi connectivity index (χ3n) is 6.32. The predicted molar refractivity (Wildman–Crippen MR) is 105 cm³/mol. The highest BCUT2D eigenvalue weighted by molar-refractivity contribution is 6.09. The lowest BCUT2D eigenvalue weighted by atomic mass is 9.90. The van der Waals surface area contributed by atoms with Crippen molar-refractivity contribution in [1.29, 1.82) is 0 Å². The molecule has 1 unspecified atom stereocenters. The molecule has 5 rings (SSSR count). The van der Waals surface area contributed by atoms with Crippen LogP contribution in [0.2, 0.25) is 0 Å². The molecule has 1 atom stereocenters. The average molecular weight is 403 g/mol. The molecule has 0 bridgehead atoms. The van der Waals surface area contributed by atoms with E-state index in [0.29, 0.717) is 49.4 Å². The van der Waals surface area contributed by atoms with Crippen molar-refractivity contribution in [3.05, 3.63) is 29.7 Å². The molecular weight excluding hydrogens is 377 g/mol. The number of aromatic nitrogens is 2. The van der Waals surface area contributed by atoms with E-state index in [4.69, 9.17) is 9.57 Å². The maximum absolute atomic E-state index is 14.5. The summed E-state index contributed by atoms with van der Waals surface area (Å²) in [5, 5.41) is 18.3. The summed E-state index contributed by atoms with van der Waals surface area (Å²) in [6.45, 7) is 3.74. The molecule has 0 saturated carbocycles. The van der Waals surface area contributed by atoms with Crippen LogP contribution in [-0.2, 0) is 9.57 Å². The molecule has 0 aliphatic carbocycles. The minimum absolute atomic E-state index is 0.257. The lowest BCUT2D eigenvalue weighted by molar-refractivity contribution is -0.0870. The number of aliphatic hydroxyl groups is 1. The number of likely N-dealkylation sites (tertiary alicyclic amines) is 1. The highest BCUT2D eigenvalue weighted by atomic mass is 19.1. The first-order valence-electron chi connectivity index (χ1n) is 10.3. The van der Waals surface area contributed by atoms with Crippen LogP contribution < -0.4 is 5.48 Å². The number of ether oxygens (including phenoxy) is 1. The number of fused-ring (bicyclic) bond motifs is 1. The second-order valence-corrected chi connectivity index (χ2v) is 8.29. The van der Waals surface area contributed by atoms with E-state index in [9.17, 15) is 9.50 Å². The van der Waals surface area contributed by atoms with Gasteiger partial charge in [0.15, 0.2) is 12.1 Å². The van der Waals surface area contributed by atoms with Gasteiger partial charge < -0.3 is 14.7 Å². The van der Waals surface area contributed by atoms with Crippen molar-refractivity contribution >= 4 is 16.7 Å². The third kappa shape index (κ3) is 3.75. The zero-order valence-electron chi connectivity index (χ0n) is 16.2. The topological polar surface area (TPSA) is 95.0 Å². The number of H-pyrrole nitrogens is 1. The van der Waals surface area contributed by atoms with Gasteiger partial charge in [0, 0.05) is 43.9 Å². The number of nitrogens with zero attached hydrogens (tertiary/aromatic N) is 3. The van der Waals surface area contributed by atoms with Gasteiger partial charge >= 0.3 is 0 Å². The minimum Gasteiger partial charge on any atom is -0.388 e. The highest BCUT2D eigenvalue weighted by Crippen LogP contribution is 2.30. The summed E-state index contributed by atoms with van der Waals surface area (Å²) in [4.78, 5) is 12.7. The van der Waals surface area contributed by atoms with Crippen LogP contribution in [0.3, 0.4) is 0 Å². The number of piperidine rings is 1. The largest absolute Gasteiger partial charge is 0.388 e. The molecule has 3 N–H and O–H groups in total. The van der Waals surface area contributed by atoms with E-state index >= 15 is 0 Å². The first-order valence-corrected chi connectivity index (χ1v) is 10.3. The second-order valence-electron chi connectivity index (χ2n) is 8.29. The van der Waals surface area contributed by atoms with Crippen LogP contribution in [0.1, 0.15) is 31.2 Å². The Bertz CT molecular complexity index is 903. The Hall–Kier alpha value is -2.07. The summed E-state index contributed by atoms with van der Waals surface area (Å²) in [6.07, 6.45) is 4.51. The van der Waals surface area contributed by atoms with Crippen molar-refractivity contribution in [2.75, 3.05) is 32.8 Å². The van der Waals surface area contributed by atoms with Gasteiger partial charge in [0.25, 0.3) is 0 Å². The fourth-order valence-electron chi connectivity index (χ4n) is 4.57. The number of hydroxylamine groups is 1. The molecule has 29 heavy (non-hydrogen) atoms. The Morgan fingerprint density at radius 2 is 2.03 bits per heavy atom. The van der Waals surface area contributed by atoms with Crippen molar-refractivity contribution in [3.8, 4) is 0 Å². The summed E-state index contributed by atoms with van der Waals surface area (Å²) in [6, 6.07) is 3.07. The molecule has 4 heterocycles. The number of benzene rings is 1. The van der Waals surface area contributed by atoms with Gasteiger partial charge in [0.1, 0.15) is 5.82 Å². The van der Waals surface area contributed by atoms with Crippen molar-refractivity contribution in [3.63, 3.8) is 0 Å². The van der Waals surface area contributed by atoms with E-state index in [2.05, 4.69) is 25.6 Å². The second kappa shape index (κ2) is 7.64. The van der Waals surface area contributed by atoms with E-state index < -0.39 is 5.60 Å². The molecule has 3 aliphatic heterocycles. The SMILES string of the molecule is OC1(CN2CCC(C3N=C(c4c(F)ccc5[nH]ncc45)NO3)CC2)CCOCC1. The lowest BCUT2D eigenvalue weighted by Gasteiger charge is -2.40. The van der Waals surface area contributed by atoms with Gasteiger partial charge in [-0.3, -0.25) is 5.10 Å². The number of hydrogen-bond acceptors (Lipinski definition) is 7. The molecular formula is C20H26FN5O3. The van der Waals surface area contributed by atoms with E-state index in [1.54, 1.807) is 12.3 Å². The van der Waals surface area contributed by atoms with Crippen LogP contribution in [0, 0.1) is 11.7 Å². The Balaban J connectivity index is 1.24. The standard InChI is InChI=1S/C20H26FN5O3/c21-15-1-2-16-14(11-22-24-16)17(15)18-23-19(29-25-18)13-3-7-26(8-4-13)12-20(27)5-9-28-10-6-20/h1-2,11,13,19,27H,3-10,12H2,(H,22,24)(H,23,25). The van der Waals surface area contributed by atoms with E-state index in [1.165, 1.54) is 6.07 Å². The summed E-state index contributed by atoms with van der Waals surface area (Å²) >= 11 is 0. The third-order valence-corrected chi connectivity index (χ3v) is 6.32. The van der Waals surface area contributed by atoms with Crippen LogP contribution in [0.15, 0.2) is 23.3 Å². The maximum Gasteiger partial charge on any atom is 0.180 e. The fraction of sp³-hybridized carbons (Fsp3) is 0.600. The molecule has 2 fully saturated rings. The minimum atomic E-state index is -0.636. The Morgan fingerprint density at radius 1 is 1.24 bits per heavy atom. The van der Waals surface area contributed by atoms with Crippen molar-refractivity contribution in [2.45, 2.75) is 37.5 Å². The van der Waals surface area contributed by atoms with Crippen LogP contribution in [0.5, 0.6) is 0 Å². The summed E-state index contributed by atoms with van der Waals surface area (Å²) in [5.74, 6) is 0.319. The molecule has 2 aromatic rings. The van der Waals surface area contributed by atoms with Crippen LogP contribution in [-0.4, -0.2) is 70.7 Å². The van der Waals surface area contributed by atoms with Gasteiger partial charge in [0.05, 0.1) is 22.9 Å². The number of amidine groups is 1. The smallest absolute Gasteiger partial charge is 0.180 e. The van der Waals surface area contributed by atoms with Crippen LogP contribution in [0.4, 0.5) is 4.39 Å². The first-order chi connectivity index (χ1) is 14.1. The first kappa shape index (κ1) is 18.9. The van der Waals surface area contributed by atoms with Crippen molar-refractivity contribution in [2.24, 2.45) is 10.9 Å². The van der Waals surface area contributed by atoms with Crippen LogP contribution in [0.25, 0.3) is 10.9 Å². The summed E-state index contributed by atoms with van der Waals surface area (Å²) in [7, 11) is 0. The van der Waals surface area contributed by atoms with Crippen molar-refractivity contribution < 1.29 is 19.1 Å².